The first-order valence-electron chi connectivity index (χ1n) is 3.65. The van der Waals surface area contributed by atoms with E-state index in [2.05, 4.69) is 4.74 Å². The third kappa shape index (κ3) is 2.52. The third-order valence-electron chi connectivity index (χ3n) is 1.85. The minimum Gasteiger partial charge on any atom is -0.466 e. The fraction of sp³-hybridized carbons (Fsp3) is 0.375. The van der Waals surface area contributed by atoms with Crippen LogP contribution in [-0.2, 0) is 9.53 Å². The van der Waals surface area contributed by atoms with E-state index in [4.69, 9.17) is 5.73 Å². The highest BCUT2D eigenvalue weighted by molar-refractivity contribution is 5.90. The van der Waals surface area contributed by atoms with E-state index in [-0.39, 0.29) is 30.0 Å². The van der Waals surface area contributed by atoms with Crippen LogP contribution in [0.1, 0.15) is 6.42 Å². The Balaban J connectivity index is 0.00000169. The minimum atomic E-state index is -1.82. The maximum absolute atomic E-state index is 12.1. The molecule has 0 bridgehead atoms. The van der Waals surface area contributed by atoms with Crippen molar-refractivity contribution in [2.75, 3.05) is 7.11 Å². The molecule has 2 N–H and O–H groups in total. The first-order chi connectivity index (χ1) is 6.06. The van der Waals surface area contributed by atoms with Gasteiger partial charge in [0.15, 0.2) is 0 Å². The summed E-state index contributed by atoms with van der Waals surface area (Å²) >= 11 is 0. The second-order valence-electron chi connectivity index (χ2n) is 2.67. The molecule has 0 saturated heterocycles. The third-order valence-corrected chi connectivity index (χ3v) is 1.85. The van der Waals surface area contributed by atoms with Crippen molar-refractivity contribution < 1.29 is 18.3 Å². The molecule has 1 aliphatic carbocycles. The van der Waals surface area contributed by atoms with Crippen molar-refractivity contribution in [2.45, 2.75) is 12.5 Å². The Labute approximate surface area is 86.0 Å². The van der Waals surface area contributed by atoms with Crippen LogP contribution in [0.3, 0.4) is 0 Å². The van der Waals surface area contributed by atoms with Gasteiger partial charge in [0, 0.05) is 17.6 Å². The molecular formula is C8H10ClF2NO2. The molecular weight excluding hydrogens is 216 g/mol. The number of carbonyl (C=O) groups is 1. The molecule has 14 heavy (non-hydrogen) atoms. The number of nitrogens with two attached hydrogens (primary N) is 1. The standard InChI is InChI=1S/C8H9F2NO2.ClH/c1-13-8(12)4-2-5(7(9)10)6(11)3-4;/h3,6H,2,11H2,1H3;1H. The Kier molecular flexibility index (Phi) is 4.73. The van der Waals surface area contributed by atoms with Gasteiger partial charge in [0.05, 0.1) is 13.2 Å². The number of esters is 1. The molecule has 6 heteroatoms. The Hall–Kier alpha value is -0.940. The van der Waals surface area contributed by atoms with Crippen LogP contribution in [0.4, 0.5) is 8.78 Å². The smallest absolute Gasteiger partial charge is 0.333 e. The molecule has 3 nitrogen and oxygen atoms in total. The second kappa shape index (κ2) is 5.07. The highest BCUT2D eigenvalue weighted by atomic mass is 35.5. The van der Waals surface area contributed by atoms with Crippen molar-refractivity contribution in [1.82, 2.24) is 0 Å². The molecule has 0 radical (unpaired) electrons. The molecule has 0 aromatic heterocycles. The van der Waals surface area contributed by atoms with Crippen molar-refractivity contribution in [1.29, 1.82) is 0 Å². The van der Waals surface area contributed by atoms with Crippen molar-refractivity contribution in [3.63, 3.8) is 0 Å². The van der Waals surface area contributed by atoms with Crippen molar-refractivity contribution in [3.8, 4) is 0 Å². The second-order valence-corrected chi connectivity index (χ2v) is 2.67. The van der Waals surface area contributed by atoms with E-state index >= 15 is 0 Å². The summed E-state index contributed by atoms with van der Waals surface area (Å²) in [5, 5.41) is 0. The predicted molar refractivity (Wildman–Crippen MR) is 49.2 cm³/mol. The molecule has 0 aliphatic heterocycles. The first kappa shape index (κ1) is 13.1. The van der Waals surface area contributed by atoms with Crippen LogP contribution in [0.2, 0.25) is 0 Å². The van der Waals surface area contributed by atoms with E-state index in [9.17, 15) is 13.6 Å². The van der Waals surface area contributed by atoms with E-state index in [1.165, 1.54) is 13.2 Å². The van der Waals surface area contributed by atoms with Gasteiger partial charge in [0.25, 0.3) is 6.08 Å². The van der Waals surface area contributed by atoms with E-state index < -0.39 is 18.1 Å². The lowest BCUT2D eigenvalue weighted by atomic mass is 10.1. The fourth-order valence-electron chi connectivity index (χ4n) is 1.16. The molecule has 0 heterocycles. The summed E-state index contributed by atoms with van der Waals surface area (Å²) in [5.41, 5.74) is 5.33. The number of rotatable bonds is 1. The van der Waals surface area contributed by atoms with Crippen LogP contribution >= 0.6 is 12.4 Å². The van der Waals surface area contributed by atoms with Gasteiger partial charge in [-0.15, -0.1) is 12.4 Å². The van der Waals surface area contributed by atoms with Gasteiger partial charge < -0.3 is 10.5 Å². The largest absolute Gasteiger partial charge is 0.466 e. The van der Waals surface area contributed by atoms with Crippen LogP contribution in [0.25, 0.3) is 0 Å². The highest BCUT2D eigenvalue weighted by Crippen LogP contribution is 2.27. The fourth-order valence-corrected chi connectivity index (χ4v) is 1.16. The van der Waals surface area contributed by atoms with Gasteiger partial charge in [0.2, 0.25) is 0 Å². The predicted octanol–water partition coefficient (Wildman–Crippen LogP) is 1.39. The Morgan fingerprint density at radius 2 is 2.21 bits per heavy atom. The van der Waals surface area contributed by atoms with Gasteiger partial charge in [-0.2, -0.15) is 8.78 Å². The zero-order valence-electron chi connectivity index (χ0n) is 7.42. The summed E-state index contributed by atoms with van der Waals surface area (Å²) in [4.78, 5) is 10.9. The van der Waals surface area contributed by atoms with E-state index in [1.807, 2.05) is 0 Å². The molecule has 0 saturated carbocycles. The Morgan fingerprint density at radius 3 is 2.57 bits per heavy atom. The molecule has 0 aromatic carbocycles. The van der Waals surface area contributed by atoms with Gasteiger partial charge in [0.1, 0.15) is 0 Å². The monoisotopic (exact) mass is 225 g/mol. The molecule has 1 unspecified atom stereocenters. The summed E-state index contributed by atoms with van der Waals surface area (Å²) in [6, 6.07) is -0.862. The maximum atomic E-state index is 12.1. The first-order valence-corrected chi connectivity index (χ1v) is 3.65. The molecule has 0 aromatic rings. The highest BCUT2D eigenvalue weighted by Gasteiger charge is 2.26. The van der Waals surface area contributed by atoms with Gasteiger partial charge in [-0.25, -0.2) is 4.79 Å². The number of ether oxygens (including phenoxy) is 1. The van der Waals surface area contributed by atoms with Gasteiger partial charge in [-0.3, -0.25) is 0 Å². The summed E-state index contributed by atoms with van der Waals surface area (Å²) < 4.78 is 28.7. The number of hydrogen-bond donors (Lipinski definition) is 1. The molecule has 0 amide bonds. The number of halogens is 3. The summed E-state index contributed by atoms with van der Waals surface area (Å²) in [6.45, 7) is 0. The SMILES string of the molecule is COC(=O)C1=CC(N)C(=C(F)F)C1.Cl. The van der Waals surface area contributed by atoms with E-state index in [0.717, 1.165) is 0 Å². The van der Waals surface area contributed by atoms with Crippen LogP contribution in [0.5, 0.6) is 0 Å². The lowest BCUT2D eigenvalue weighted by Gasteiger charge is -2.00. The normalized spacial score (nSPS) is 19.9. The summed E-state index contributed by atoms with van der Waals surface area (Å²) in [7, 11) is 1.20. The Bertz CT molecular complexity index is 298. The number of methoxy groups -OCH3 is 1. The summed E-state index contributed by atoms with van der Waals surface area (Å²) in [5.74, 6) is -0.605. The molecule has 0 spiro atoms. The van der Waals surface area contributed by atoms with Crippen molar-refractivity contribution in [3.05, 3.63) is 23.3 Å². The zero-order chi connectivity index (χ0) is 10.0. The lowest BCUT2D eigenvalue weighted by Crippen LogP contribution is -2.16. The molecule has 1 rings (SSSR count). The molecule has 1 aliphatic rings. The topological polar surface area (TPSA) is 52.3 Å². The average molecular weight is 226 g/mol. The quantitative estimate of drug-likeness (QED) is 0.686. The van der Waals surface area contributed by atoms with Crippen molar-refractivity contribution in [2.24, 2.45) is 5.73 Å². The van der Waals surface area contributed by atoms with Crippen LogP contribution in [0, 0.1) is 0 Å². The van der Waals surface area contributed by atoms with E-state index in [0.29, 0.717) is 0 Å². The summed E-state index contributed by atoms with van der Waals surface area (Å²) in [6.07, 6.45) is -0.640. The van der Waals surface area contributed by atoms with Crippen molar-refractivity contribution >= 4 is 18.4 Å². The molecule has 80 valence electrons. The van der Waals surface area contributed by atoms with Gasteiger partial charge in [-0.05, 0) is 0 Å². The maximum Gasteiger partial charge on any atom is 0.333 e. The lowest BCUT2D eigenvalue weighted by molar-refractivity contribution is -0.136. The molecule has 1 atom stereocenters. The van der Waals surface area contributed by atoms with Crippen LogP contribution in [0.15, 0.2) is 23.3 Å². The van der Waals surface area contributed by atoms with Gasteiger partial charge >= 0.3 is 5.97 Å². The zero-order valence-corrected chi connectivity index (χ0v) is 8.24. The van der Waals surface area contributed by atoms with Crippen LogP contribution < -0.4 is 5.73 Å². The number of hydrogen-bond acceptors (Lipinski definition) is 3. The van der Waals surface area contributed by atoms with Gasteiger partial charge in [-0.1, -0.05) is 6.08 Å². The number of carbonyl (C=O) groups excluding carboxylic acids is 1. The average Bonchev–Trinajstić information content (AvgIpc) is 2.46. The minimum absolute atomic E-state index is 0. The molecule has 0 fully saturated rings. The van der Waals surface area contributed by atoms with E-state index in [1.54, 1.807) is 0 Å². The van der Waals surface area contributed by atoms with Crippen LogP contribution in [-0.4, -0.2) is 19.1 Å². The Morgan fingerprint density at radius 1 is 1.64 bits per heavy atom.